The first-order valence-electron chi connectivity index (χ1n) is 11.4. The molecule has 2 heterocycles. The first kappa shape index (κ1) is 23.3. The lowest BCUT2D eigenvalue weighted by atomic mass is 9.95. The molecule has 0 unspecified atom stereocenters. The molecule has 0 saturated carbocycles. The lowest BCUT2D eigenvalue weighted by Crippen LogP contribution is -2.40. The van der Waals surface area contributed by atoms with Gasteiger partial charge in [-0.25, -0.2) is 4.98 Å². The van der Waals surface area contributed by atoms with E-state index in [-0.39, 0.29) is 11.8 Å². The van der Waals surface area contributed by atoms with Crippen LogP contribution in [0.25, 0.3) is 0 Å². The normalized spacial score (nSPS) is 14.7. The maximum Gasteiger partial charge on any atom is 0.223 e. The van der Waals surface area contributed by atoms with E-state index in [2.05, 4.69) is 20.6 Å². The van der Waals surface area contributed by atoms with Gasteiger partial charge in [0.2, 0.25) is 5.91 Å². The number of nitrogens with one attached hydrogen (secondary N) is 1. The molecule has 174 valence electrons. The van der Waals surface area contributed by atoms with Crippen molar-refractivity contribution in [3.8, 4) is 11.5 Å². The van der Waals surface area contributed by atoms with Crippen LogP contribution in [-0.4, -0.2) is 36.0 Å². The minimum Gasteiger partial charge on any atom is -0.493 e. The summed E-state index contributed by atoms with van der Waals surface area (Å²) in [5, 5.41) is 6.33. The van der Waals surface area contributed by atoms with E-state index in [0.717, 1.165) is 54.3 Å². The number of methoxy groups -OCH3 is 1. The molecule has 0 aliphatic carbocycles. The Labute approximate surface area is 199 Å². The maximum absolute atomic E-state index is 12.7. The molecular weight excluding hydrogens is 434 g/mol. The maximum atomic E-state index is 12.7. The van der Waals surface area contributed by atoms with Crippen LogP contribution in [0.5, 0.6) is 11.5 Å². The second-order valence-corrected chi connectivity index (χ2v) is 9.45. The van der Waals surface area contributed by atoms with Crippen molar-refractivity contribution in [2.45, 2.75) is 39.5 Å². The predicted molar refractivity (Wildman–Crippen MR) is 130 cm³/mol. The van der Waals surface area contributed by atoms with Crippen molar-refractivity contribution in [2.75, 3.05) is 20.2 Å². The summed E-state index contributed by atoms with van der Waals surface area (Å²) in [6, 6.07) is 15.8. The number of piperidine rings is 1. The molecule has 33 heavy (non-hydrogen) atoms. The SMILES string of the molecule is COc1cc(CNC(=O)C2CCN(Cc3csc(C)n3)CC2)ccc1OCc1ccccc1. The van der Waals surface area contributed by atoms with E-state index >= 15 is 0 Å². The number of aryl methyl sites for hydroxylation is 1. The number of thiazole rings is 1. The summed E-state index contributed by atoms with van der Waals surface area (Å²) >= 11 is 1.69. The highest BCUT2D eigenvalue weighted by Gasteiger charge is 2.25. The number of carbonyl (C=O) groups is 1. The van der Waals surface area contributed by atoms with Crippen LogP contribution in [0.4, 0.5) is 0 Å². The van der Waals surface area contributed by atoms with Crippen molar-refractivity contribution in [1.82, 2.24) is 15.2 Å². The van der Waals surface area contributed by atoms with Crippen LogP contribution >= 0.6 is 11.3 Å². The van der Waals surface area contributed by atoms with Crippen LogP contribution in [0.15, 0.2) is 53.9 Å². The Morgan fingerprint density at radius 2 is 1.91 bits per heavy atom. The molecule has 1 aromatic heterocycles. The van der Waals surface area contributed by atoms with Gasteiger partial charge in [-0.3, -0.25) is 9.69 Å². The van der Waals surface area contributed by atoms with Gasteiger partial charge in [0.1, 0.15) is 6.61 Å². The Kier molecular flexibility index (Phi) is 7.96. The molecule has 6 nitrogen and oxygen atoms in total. The molecule has 0 radical (unpaired) electrons. The largest absolute Gasteiger partial charge is 0.493 e. The fourth-order valence-electron chi connectivity index (χ4n) is 4.07. The van der Waals surface area contributed by atoms with Crippen molar-refractivity contribution >= 4 is 17.2 Å². The third-order valence-corrected chi connectivity index (χ3v) is 6.76. The zero-order chi connectivity index (χ0) is 23.0. The van der Waals surface area contributed by atoms with Gasteiger partial charge in [0.15, 0.2) is 11.5 Å². The highest BCUT2D eigenvalue weighted by atomic mass is 32.1. The Morgan fingerprint density at radius 3 is 2.61 bits per heavy atom. The number of hydrogen-bond acceptors (Lipinski definition) is 6. The Morgan fingerprint density at radius 1 is 1.12 bits per heavy atom. The minimum absolute atomic E-state index is 0.0637. The zero-order valence-corrected chi connectivity index (χ0v) is 20.1. The first-order chi connectivity index (χ1) is 16.1. The van der Waals surface area contributed by atoms with E-state index in [1.807, 2.05) is 55.5 Å². The summed E-state index contributed by atoms with van der Waals surface area (Å²) in [7, 11) is 1.63. The zero-order valence-electron chi connectivity index (χ0n) is 19.3. The molecule has 1 fully saturated rings. The van der Waals surface area contributed by atoms with Crippen LogP contribution in [0.3, 0.4) is 0 Å². The third-order valence-electron chi connectivity index (χ3n) is 5.94. The standard InChI is InChI=1S/C26H31N3O3S/c1-19-28-23(18-33-19)16-29-12-10-22(11-13-29)26(30)27-15-21-8-9-24(25(14-21)31-2)32-17-20-6-4-3-5-7-20/h3-9,14,18,22H,10-13,15-17H2,1-2H3,(H,27,30). The molecule has 1 amide bonds. The molecule has 0 atom stereocenters. The average Bonchev–Trinajstić information content (AvgIpc) is 3.26. The Bertz CT molecular complexity index is 1050. The van der Waals surface area contributed by atoms with Gasteiger partial charge in [-0.1, -0.05) is 36.4 Å². The van der Waals surface area contributed by atoms with E-state index in [0.29, 0.717) is 24.7 Å². The molecule has 1 aliphatic rings. The summed E-state index contributed by atoms with van der Waals surface area (Å²) < 4.78 is 11.4. The molecular formula is C26H31N3O3S. The average molecular weight is 466 g/mol. The van der Waals surface area contributed by atoms with Crippen LogP contribution in [0.1, 0.15) is 34.7 Å². The van der Waals surface area contributed by atoms with Gasteiger partial charge in [-0.05, 0) is 56.1 Å². The number of nitrogens with zero attached hydrogens (tertiary/aromatic N) is 2. The van der Waals surface area contributed by atoms with Crippen LogP contribution in [0, 0.1) is 12.8 Å². The van der Waals surface area contributed by atoms with Crippen molar-refractivity contribution in [3.05, 3.63) is 75.7 Å². The van der Waals surface area contributed by atoms with E-state index in [4.69, 9.17) is 9.47 Å². The number of ether oxygens (including phenoxy) is 2. The quantitative estimate of drug-likeness (QED) is 0.502. The first-order valence-corrected chi connectivity index (χ1v) is 12.2. The fraction of sp³-hybridized carbons (Fsp3) is 0.385. The number of benzene rings is 2. The summed E-state index contributed by atoms with van der Waals surface area (Å²) in [6.45, 7) is 5.72. The van der Waals surface area contributed by atoms with Gasteiger partial charge in [-0.15, -0.1) is 11.3 Å². The summed E-state index contributed by atoms with van der Waals surface area (Å²) in [4.78, 5) is 19.7. The molecule has 2 aromatic carbocycles. The highest BCUT2D eigenvalue weighted by Crippen LogP contribution is 2.29. The number of aromatic nitrogens is 1. The van der Waals surface area contributed by atoms with Gasteiger partial charge >= 0.3 is 0 Å². The number of likely N-dealkylation sites (tertiary alicyclic amines) is 1. The number of hydrogen-bond donors (Lipinski definition) is 1. The topological polar surface area (TPSA) is 63.7 Å². The predicted octanol–water partition coefficient (Wildman–Crippen LogP) is 4.57. The van der Waals surface area contributed by atoms with Crippen LogP contribution in [0.2, 0.25) is 0 Å². The molecule has 1 aliphatic heterocycles. The minimum atomic E-state index is 0.0637. The lowest BCUT2D eigenvalue weighted by Gasteiger charge is -2.30. The van der Waals surface area contributed by atoms with Gasteiger partial charge < -0.3 is 14.8 Å². The molecule has 1 N–H and O–H groups in total. The Balaban J connectivity index is 1.24. The van der Waals surface area contributed by atoms with Gasteiger partial charge in [0.25, 0.3) is 0 Å². The van der Waals surface area contributed by atoms with Crippen molar-refractivity contribution in [1.29, 1.82) is 0 Å². The highest BCUT2D eigenvalue weighted by molar-refractivity contribution is 7.09. The molecule has 0 spiro atoms. The van der Waals surface area contributed by atoms with E-state index in [1.165, 1.54) is 0 Å². The molecule has 3 aromatic rings. The number of amides is 1. The van der Waals surface area contributed by atoms with Gasteiger partial charge in [0.05, 0.1) is 17.8 Å². The molecule has 4 rings (SSSR count). The van der Waals surface area contributed by atoms with Crippen LogP contribution in [-0.2, 0) is 24.5 Å². The lowest BCUT2D eigenvalue weighted by molar-refractivity contribution is -0.126. The molecule has 0 bridgehead atoms. The fourth-order valence-corrected chi connectivity index (χ4v) is 4.68. The number of rotatable bonds is 9. The summed E-state index contributed by atoms with van der Waals surface area (Å²) in [5.41, 5.74) is 3.22. The van der Waals surface area contributed by atoms with Gasteiger partial charge in [-0.2, -0.15) is 0 Å². The Hall–Kier alpha value is -2.90. The summed E-state index contributed by atoms with van der Waals surface area (Å²) in [6.07, 6.45) is 1.76. The summed E-state index contributed by atoms with van der Waals surface area (Å²) in [5.74, 6) is 1.55. The van der Waals surface area contributed by atoms with Gasteiger partial charge in [0, 0.05) is 24.4 Å². The third kappa shape index (κ3) is 6.55. The molecule has 1 saturated heterocycles. The second kappa shape index (κ2) is 11.3. The van der Waals surface area contributed by atoms with E-state index < -0.39 is 0 Å². The van der Waals surface area contributed by atoms with Crippen molar-refractivity contribution in [3.63, 3.8) is 0 Å². The van der Waals surface area contributed by atoms with Crippen LogP contribution < -0.4 is 14.8 Å². The van der Waals surface area contributed by atoms with Crippen molar-refractivity contribution in [2.24, 2.45) is 5.92 Å². The second-order valence-electron chi connectivity index (χ2n) is 8.39. The van der Waals surface area contributed by atoms with Crippen molar-refractivity contribution < 1.29 is 14.3 Å². The number of carbonyl (C=O) groups excluding carboxylic acids is 1. The van der Waals surface area contributed by atoms with E-state index in [1.54, 1.807) is 18.4 Å². The monoisotopic (exact) mass is 465 g/mol. The smallest absolute Gasteiger partial charge is 0.223 e. The van der Waals surface area contributed by atoms with E-state index in [9.17, 15) is 4.79 Å². The molecule has 7 heteroatoms.